The Morgan fingerprint density at radius 1 is 1.03 bits per heavy atom. The molecular formula is C26H28N4O2. The molecule has 0 fully saturated rings. The molecule has 0 aliphatic rings. The number of para-hydroxylation sites is 2. The van der Waals surface area contributed by atoms with Gasteiger partial charge in [-0.05, 0) is 56.2 Å². The van der Waals surface area contributed by atoms with E-state index in [1.54, 1.807) is 36.5 Å². The van der Waals surface area contributed by atoms with Crippen molar-refractivity contribution in [3.8, 4) is 5.75 Å². The van der Waals surface area contributed by atoms with Gasteiger partial charge in [0.2, 0.25) is 0 Å². The van der Waals surface area contributed by atoms with Crippen LogP contribution in [-0.4, -0.2) is 39.0 Å². The Bertz CT molecular complexity index is 1170. The number of imidazole rings is 1. The standard InChI is InChI=1S/C26H28N4O2/c1-20-11-13-22(14-12-20)32-17-6-5-16-30-24-10-4-3-9-23(24)28-25(30)19-29(2)26(31)21-8-7-15-27-18-21/h3-4,7-15,18H,5-6,16-17,19H2,1-2H3. The molecule has 4 rings (SSSR count). The van der Waals surface area contributed by atoms with Crippen molar-refractivity contribution in [1.29, 1.82) is 0 Å². The van der Waals surface area contributed by atoms with Crippen LogP contribution in [0.5, 0.6) is 5.75 Å². The average Bonchev–Trinajstić information content (AvgIpc) is 3.17. The molecule has 0 radical (unpaired) electrons. The van der Waals surface area contributed by atoms with Crippen molar-refractivity contribution in [3.63, 3.8) is 0 Å². The number of benzene rings is 2. The van der Waals surface area contributed by atoms with E-state index in [9.17, 15) is 4.79 Å². The third-order valence-electron chi connectivity index (χ3n) is 5.43. The van der Waals surface area contributed by atoms with E-state index in [1.807, 2.05) is 30.3 Å². The first-order chi connectivity index (χ1) is 15.6. The number of ether oxygens (including phenoxy) is 1. The molecule has 2 aromatic carbocycles. The summed E-state index contributed by atoms with van der Waals surface area (Å²) in [6.07, 6.45) is 5.15. The number of carbonyl (C=O) groups is 1. The fraction of sp³-hybridized carbons (Fsp3) is 0.269. The minimum atomic E-state index is -0.0665. The smallest absolute Gasteiger partial charge is 0.255 e. The fourth-order valence-corrected chi connectivity index (χ4v) is 3.69. The summed E-state index contributed by atoms with van der Waals surface area (Å²) in [4.78, 5) is 23.3. The summed E-state index contributed by atoms with van der Waals surface area (Å²) >= 11 is 0. The molecule has 0 atom stereocenters. The van der Waals surface area contributed by atoms with Gasteiger partial charge in [-0.2, -0.15) is 0 Å². The topological polar surface area (TPSA) is 60.2 Å². The summed E-state index contributed by atoms with van der Waals surface area (Å²) in [7, 11) is 1.80. The molecule has 4 aromatic rings. The monoisotopic (exact) mass is 428 g/mol. The summed E-state index contributed by atoms with van der Waals surface area (Å²) in [6, 6.07) is 19.8. The zero-order valence-corrected chi connectivity index (χ0v) is 18.6. The van der Waals surface area contributed by atoms with Crippen molar-refractivity contribution < 1.29 is 9.53 Å². The lowest BCUT2D eigenvalue weighted by molar-refractivity contribution is 0.0779. The lowest BCUT2D eigenvalue weighted by atomic mass is 10.2. The molecule has 164 valence electrons. The molecule has 32 heavy (non-hydrogen) atoms. The predicted octanol–water partition coefficient (Wildman–Crippen LogP) is 4.87. The van der Waals surface area contributed by atoms with Gasteiger partial charge in [-0.15, -0.1) is 0 Å². The van der Waals surface area contributed by atoms with Gasteiger partial charge in [-0.3, -0.25) is 9.78 Å². The van der Waals surface area contributed by atoms with Gasteiger partial charge in [0.05, 0.1) is 29.7 Å². The van der Waals surface area contributed by atoms with Crippen molar-refractivity contribution in [3.05, 3.63) is 90.0 Å². The Balaban J connectivity index is 1.41. The molecule has 0 saturated carbocycles. The van der Waals surface area contributed by atoms with Gasteiger partial charge >= 0.3 is 0 Å². The van der Waals surface area contributed by atoms with E-state index in [1.165, 1.54) is 5.56 Å². The summed E-state index contributed by atoms with van der Waals surface area (Å²) in [5.41, 5.74) is 3.83. The highest BCUT2D eigenvalue weighted by Crippen LogP contribution is 2.19. The zero-order valence-electron chi connectivity index (χ0n) is 18.6. The minimum Gasteiger partial charge on any atom is -0.494 e. The van der Waals surface area contributed by atoms with Crippen molar-refractivity contribution in [2.24, 2.45) is 0 Å². The van der Waals surface area contributed by atoms with Crippen molar-refractivity contribution in [2.45, 2.75) is 32.9 Å². The highest BCUT2D eigenvalue weighted by Gasteiger charge is 2.17. The lowest BCUT2D eigenvalue weighted by Gasteiger charge is -2.18. The van der Waals surface area contributed by atoms with E-state index < -0.39 is 0 Å². The van der Waals surface area contributed by atoms with E-state index in [-0.39, 0.29) is 5.91 Å². The SMILES string of the molecule is Cc1ccc(OCCCCn2c(CN(C)C(=O)c3cccnc3)nc3ccccc32)cc1. The summed E-state index contributed by atoms with van der Waals surface area (Å²) in [5.74, 6) is 1.72. The molecule has 2 aromatic heterocycles. The number of hydrogen-bond donors (Lipinski definition) is 0. The fourth-order valence-electron chi connectivity index (χ4n) is 3.69. The molecule has 0 aliphatic carbocycles. The Morgan fingerprint density at radius 2 is 1.84 bits per heavy atom. The number of unbranched alkanes of at least 4 members (excludes halogenated alkanes) is 1. The molecule has 6 heteroatoms. The van der Waals surface area contributed by atoms with Gasteiger partial charge in [-0.1, -0.05) is 29.8 Å². The number of aryl methyl sites for hydroxylation is 2. The highest BCUT2D eigenvalue weighted by molar-refractivity contribution is 5.93. The van der Waals surface area contributed by atoms with Crippen LogP contribution in [0.2, 0.25) is 0 Å². The molecule has 1 amide bonds. The molecule has 2 heterocycles. The Morgan fingerprint density at radius 3 is 2.62 bits per heavy atom. The third-order valence-corrected chi connectivity index (χ3v) is 5.43. The average molecular weight is 429 g/mol. The van der Waals surface area contributed by atoms with Gasteiger partial charge in [0.15, 0.2) is 0 Å². The van der Waals surface area contributed by atoms with Gasteiger partial charge < -0.3 is 14.2 Å². The van der Waals surface area contributed by atoms with Crippen LogP contribution in [0.1, 0.15) is 34.6 Å². The number of nitrogens with zero attached hydrogens (tertiary/aromatic N) is 4. The maximum absolute atomic E-state index is 12.8. The van der Waals surface area contributed by atoms with Gasteiger partial charge in [0, 0.05) is 26.0 Å². The number of fused-ring (bicyclic) bond motifs is 1. The number of rotatable bonds is 9. The number of aromatic nitrogens is 3. The van der Waals surface area contributed by atoms with Crippen molar-refractivity contribution in [2.75, 3.05) is 13.7 Å². The second-order valence-electron chi connectivity index (χ2n) is 7.94. The van der Waals surface area contributed by atoms with Crippen LogP contribution in [0, 0.1) is 6.92 Å². The molecule has 0 bridgehead atoms. The normalized spacial score (nSPS) is 10.9. The Kier molecular flexibility index (Phi) is 6.80. The number of pyridine rings is 1. The van der Waals surface area contributed by atoms with E-state index in [0.29, 0.717) is 18.7 Å². The molecule has 0 aliphatic heterocycles. The van der Waals surface area contributed by atoms with Gasteiger partial charge in [0.25, 0.3) is 5.91 Å². The molecule has 0 unspecified atom stereocenters. The first-order valence-electron chi connectivity index (χ1n) is 10.9. The van der Waals surface area contributed by atoms with Gasteiger partial charge in [-0.25, -0.2) is 4.98 Å². The van der Waals surface area contributed by atoms with E-state index in [0.717, 1.165) is 42.0 Å². The van der Waals surface area contributed by atoms with Crippen LogP contribution in [-0.2, 0) is 13.1 Å². The summed E-state index contributed by atoms with van der Waals surface area (Å²) < 4.78 is 8.08. The summed E-state index contributed by atoms with van der Waals surface area (Å²) in [6.45, 7) is 3.99. The maximum Gasteiger partial charge on any atom is 0.255 e. The lowest BCUT2D eigenvalue weighted by Crippen LogP contribution is -2.28. The van der Waals surface area contributed by atoms with E-state index in [2.05, 4.69) is 34.7 Å². The van der Waals surface area contributed by atoms with Crippen molar-refractivity contribution >= 4 is 16.9 Å². The second kappa shape index (κ2) is 10.1. The zero-order chi connectivity index (χ0) is 22.3. The van der Waals surface area contributed by atoms with Crippen LogP contribution in [0.25, 0.3) is 11.0 Å². The Labute approximate surface area is 188 Å². The van der Waals surface area contributed by atoms with Crippen LogP contribution < -0.4 is 4.74 Å². The van der Waals surface area contributed by atoms with E-state index >= 15 is 0 Å². The number of carbonyl (C=O) groups excluding carboxylic acids is 1. The molecule has 0 saturated heterocycles. The maximum atomic E-state index is 12.8. The number of amides is 1. The quantitative estimate of drug-likeness (QED) is 0.357. The Hall–Kier alpha value is -3.67. The first-order valence-corrected chi connectivity index (χ1v) is 10.9. The molecule has 6 nitrogen and oxygen atoms in total. The largest absolute Gasteiger partial charge is 0.494 e. The first kappa shape index (κ1) is 21.6. The highest BCUT2D eigenvalue weighted by atomic mass is 16.5. The minimum absolute atomic E-state index is 0.0665. The van der Waals surface area contributed by atoms with Crippen LogP contribution in [0.4, 0.5) is 0 Å². The molecule has 0 N–H and O–H groups in total. The van der Waals surface area contributed by atoms with Gasteiger partial charge in [0.1, 0.15) is 11.6 Å². The van der Waals surface area contributed by atoms with Crippen LogP contribution in [0.15, 0.2) is 73.1 Å². The van der Waals surface area contributed by atoms with Crippen LogP contribution in [0.3, 0.4) is 0 Å². The predicted molar refractivity (Wildman–Crippen MR) is 126 cm³/mol. The molecular weight excluding hydrogens is 400 g/mol. The summed E-state index contributed by atoms with van der Waals surface area (Å²) in [5, 5.41) is 0. The third kappa shape index (κ3) is 5.14. The number of hydrogen-bond acceptors (Lipinski definition) is 4. The molecule has 0 spiro atoms. The van der Waals surface area contributed by atoms with Crippen molar-refractivity contribution in [1.82, 2.24) is 19.4 Å². The van der Waals surface area contributed by atoms with Crippen LogP contribution >= 0.6 is 0 Å². The second-order valence-corrected chi connectivity index (χ2v) is 7.94. The van der Waals surface area contributed by atoms with E-state index in [4.69, 9.17) is 9.72 Å².